The van der Waals surface area contributed by atoms with Gasteiger partial charge in [0.2, 0.25) is 0 Å². The number of aromatic nitrogens is 1. The summed E-state index contributed by atoms with van der Waals surface area (Å²) in [6.07, 6.45) is -0.812. The maximum atomic E-state index is 12.5. The highest BCUT2D eigenvalue weighted by Crippen LogP contribution is 2.35. The van der Waals surface area contributed by atoms with Gasteiger partial charge in [0.25, 0.3) is 11.7 Å². The van der Waals surface area contributed by atoms with Gasteiger partial charge in [0.05, 0.1) is 12.1 Å². The van der Waals surface area contributed by atoms with Crippen molar-refractivity contribution >= 4 is 23.5 Å². The van der Waals surface area contributed by atoms with Crippen LogP contribution >= 0.6 is 0 Å². The fraction of sp³-hybridized carbons (Fsp3) is 0.188. The van der Waals surface area contributed by atoms with Gasteiger partial charge in [-0.3, -0.25) is 9.69 Å². The molecule has 1 aromatic heterocycles. The van der Waals surface area contributed by atoms with Gasteiger partial charge in [0.1, 0.15) is 0 Å². The molecule has 1 aliphatic rings. The molecule has 0 saturated heterocycles. The number of hydrogen-bond acceptors (Lipinski definition) is 6. The number of rotatable bonds is 4. The molecule has 9 nitrogen and oxygen atoms in total. The topological polar surface area (TPSA) is 123 Å². The van der Waals surface area contributed by atoms with Crippen LogP contribution in [0.15, 0.2) is 36.4 Å². The third kappa shape index (κ3) is 2.99. The Bertz CT molecular complexity index is 882. The van der Waals surface area contributed by atoms with E-state index in [1.54, 1.807) is 25.1 Å². The minimum Gasteiger partial charge on any atom is -0.478 e. The zero-order valence-corrected chi connectivity index (χ0v) is 13.1. The van der Waals surface area contributed by atoms with Gasteiger partial charge in [-0.15, -0.1) is 0 Å². The molecule has 2 aromatic rings. The first kappa shape index (κ1) is 16.4. The van der Waals surface area contributed by atoms with Crippen molar-refractivity contribution in [3.8, 4) is 5.75 Å². The first-order valence-corrected chi connectivity index (χ1v) is 7.33. The Kier molecular flexibility index (Phi) is 4.05. The van der Waals surface area contributed by atoms with Gasteiger partial charge < -0.3 is 20.0 Å². The van der Waals surface area contributed by atoms with Gasteiger partial charge in [-0.1, -0.05) is 18.2 Å². The van der Waals surface area contributed by atoms with Crippen LogP contribution in [0.4, 0.5) is 11.6 Å². The van der Waals surface area contributed by atoms with E-state index in [1.807, 2.05) is 0 Å². The van der Waals surface area contributed by atoms with E-state index in [4.69, 9.17) is 4.74 Å². The predicted octanol–water partition coefficient (Wildman–Crippen LogP) is 2.00. The lowest BCUT2D eigenvalue weighted by atomic mass is 10.1. The molecule has 1 amide bonds. The molecule has 1 N–H and O–H groups in total. The molecule has 1 unspecified atom stereocenters. The summed E-state index contributed by atoms with van der Waals surface area (Å²) in [5.74, 6) is -1.79. The minimum absolute atomic E-state index is 0.00232. The molecule has 0 radical (unpaired) electrons. The largest absolute Gasteiger partial charge is 0.478 e. The lowest BCUT2D eigenvalue weighted by molar-refractivity contribution is -0.389. The molecule has 3 rings (SSSR count). The Balaban J connectivity index is 2.07. The predicted molar refractivity (Wildman–Crippen MR) is 85.6 cm³/mol. The van der Waals surface area contributed by atoms with E-state index in [0.717, 1.165) is 0 Å². The first-order valence-electron chi connectivity index (χ1n) is 7.33. The number of nitro groups is 1. The summed E-state index contributed by atoms with van der Waals surface area (Å²) in [5, 5.41) is 20.3. The van der Waals surface area contributed by atoms with Crippen LogP contribution in [-0.2, 0) is 11.3 Å². The summed E-state index contributed by atoms with van der Waals surface area (Å²) in [6, 6.07) is 8.79. The van der Waals surface area contributed by atoms with Crippen molar-refractivity contribution in [2.24, 2.45) is 0 Å². The van der Waals surface area contributed by atoms with Crippen LogP contribution in [-0.4, -0.2) is 33.0 Å². The van der Waals surface area contributed by atoms with Crippen LogP contribution in [0.5, 0.6) is 5.75 Å². The van der Waals surface area contributed by atoms with Crippen LogP contribution in [0.1, 0.15) is 22.8 Å². The normalized spacial score (nSPS) is 16.1. The zero-order chi connectivity index (χ0) is 18.1. The van der Waals surface area contributed by atoms with E-state index in [2.05, 4.69) is 4.98 Å². The molecule has 1 aliphatic heterocycles. The Morgan fingerprint density at radius 3 is 2.76 bits per heavy atom. The van der Waals surface area contributed by atoms with Gasteiger partial charge in [-0.25, -0.2) is 4.79 Å². The number of carbonyl (C=O) groups is 2. The number of aromatic carboxylic acids is 1. The van der Waals surface area contributed by atoms with Crippen molar-refractivity contribution in [1.82, 2.24) is 4.98 Å². The van der Waals surface area contributed by atoms with Crippen LogP contribution < -0.4 is 9.64 Å². The highest BCUT2D eigenvalue weighted by molar-refractivity contribution is 5.99. The number of anilines is 1. The number of amides is 1. The van der Waals surface area contributed by atoms with Crippen molar-refractivity contribution in [2.45, 2.75) is 19.6 Å². The average Bonchev–Trinajstić information content (AvgIpc) is 2.58. The molecule has 9 heteroatoms. The number of carboxylic acids is 1. The van der Waals surface area contributed by atoms with Crippen LogP contribution in [0, 0.1) is 10.1 Å². The molecule has 1 aromatic carbocycles. The quantitative estimate of drug-likeness (QED) is 0.665. The second-order valence-electron chi connectivity index (χ2n) is 5.40. The molecule has 0 aliphatic carbocycles. The summed E-state index contributed by atoms with van der Waals surface area (Å²) >= 11 is 0. The van der Waals surface area contributed by atoms with E-state index in [9.17, 15) is 24.8 Å². The first-order chi connectivity index (χ1) is 11.9. The Morgan fingerprint density at radius 2 is 2.08 bits per heavy atom. The highest BCUT2D eigenvalue weighted by atomic mass is 16.6. The molecule has 1 atom stereocenters. The standard InChI is InChI=1S/C16H13N3O6/c1-9-15(20)18(8-10-4-2-3-5-11(10)16(21)22)14-12(25-9)6-7-13(17-14)19(23)24/h2-7,9H,8H2,1H3,(H,21,22). The van der Waals surface area contributed by atoms with Crippen LogP contribution in [0.2, 0.25) is 0 Å². The van der Waals surface area contributed by atoms with Crippen LogP contribution in [0.3, 0.4) is 0 Å². The maximum Gasteiger partial charge on any atom is 0.366 e. The van der Waals surface area contributed by atoms with Crippen molar-refractivity contribution in [3.05, 3.63) is 57.6 Å². The summed E-state index contributed by atoms with van der Waals surface area (Å²) < 4.78 is 5.43. The van der Waals surface area contributed by atoms with E-state index >= 15 is 0 Å². The van der Waals surface area contributed by atoms with Gasteiger partial charge >= 0.3 is 11.8 Å². The van der Waals surface area contributed by atoms with Gasteiger partial charge in [0, 0.05) is 6.07 Å². The zero-order valence-electron chi connectivity index (χ0n) is 13.1. The van der Waals surface area contributed by atoms with Crippen molar-refractivity contribution in [2.75, 3.05) is 4.90 Å². The monoisotopic (exact) mass is 343 g/mol. The number of fused-ring (bicyclic) bond motifs is 1. The molecular formula is C16H13N3O6. The fourth-order valence-electron chi connectivity index (χ4n) is 2.57. The van der Waals surface area contributed by atoms with E-state index in [1.165, 1.54) is 23.1 Å². The molecule has 128 valence electrons. The van der Waals surface area contributed by atoms with Gasteiger partial charge in [-0.2, -0.15) is 0 Å². The second-order valence-corrected chi connectivity index (χ2v) is 5.40. The van der Waals surface area contributed by atoms with Crippen LogP contribution in [0.25, 0.3) is 0 Å². The SMILES string of the molecule is CC1Oc2ccc([N+](=O)[O-])nc2N(Cc2ccccc2C(=O)O)C1=O. The van der Waals surface area contributed by atoms with Crippen molar-refractivity contribution < 1.29 is 24.4 Å². The number of carbonyl (C=O) groups excluding carboxylic acids is 1. The maximum absolute atomic E-state index is 12.5. The number of hydrogen-bond donors (Lipinski definition) is 1. The summed E-state index contributed by atoms with van der Waals surface area (Å²) in [5.41, 5.74) is 0.429. The summed E-state index contributed by atoms with van der Waals surface area (Å²) in [6.45, 7) is 1.46. The Morgan fingerprint density at radius 1 is 1.36 bits per heavy atom. The smallest absolute Gasteiger partial charge is 0.366 e. The number of pyridine rings is 1. The molecular weight excluding hydrogens is 330 g/mol. The molecule has 0 bridgehead atoms. The van der Waals surface area contributed by atoms with E-state index in [0.29, 0.717) is 5.56 Å². The molecule has 0 spiro atoms. The Labute approximate surface area is 141 Å². The summed E-state index contributed by atoms with van der Waals surface area (Å²) in [4.78, 5) is 39.2. The minimum atomic E-state index is -1.13. The highest BCUT2D eigenvalue weighted by Gasteiger charge is 2.37. The molecule has 0 saturated carbocycles. The van der Waals surface area contributed by atoms with Gasteiger partial charge in [0.15, 0.2) is 11.9 Å². The average molecular weight is 343 g/mol. The number of carboxylic acid groups (broad SMARTS) is 1. The van der Waals surface area contributed by atoms with Gasteiger partial charge in [-0.05, 0) is 34.5 Å². The van der Waals surface area contributed by atoms with Crippen molar-refractivity contribution in [3.63, 3.8) is 0 Å². The molecule has 0 fully saturated rings. The Hall–Kier alpha value is -3.49. The number of nitrogens with zero attached hydrogens (tertiary/aromatic N) is 3. The lowest BCUT2D eigenvalue weighted by Crippen LogP contribution is -2.44. The molecule has 2 heterocycles. The van der Waals surface area contributed by atoms with Crippen molar-refractivity contribution in [1.29, 1.82) is 0 Å². The number of benzene rings is 1. The summed E-state index contributed by atoms with van der Waals surface area (Å²) in [7, 11) is 0. The van der Waals surface area contributed by atoms with E-state index in [-0.39, 0.29) is 23.7 Å². The third-order valence-electron chi connectivity index (χ3n) is 3.76. The lowest BCUT2D eigenvalue weighted by Gasteiger charge is -2.29. The third-order valence-corrected chi connectivity index (χ3v) is 3.76. The second kappa shape index (κ2) is 6.19. The fourth-order valence-corrected chi connectivity index (χ4v) is 2.57. The number of ether oxygens (including phenoxy) is 1. The van der Waals surface area contributed by atoms with E-state index < -0.39 is 28.7 Å². The molecule has 25 heavy (non-hydrogen) atoms.